The number of carboxylic acid groups (broad SMARTS) is 1. The number of carbonyl (C=O) groups is 1. The third kappa shape index (κ3) is 4.22. The number of ether oxygens (including phenoxy) is 1. The fraction of sp³-hybridized carbons (Fsp3) is 0.333. The Morgan fingerprint density at radius 2 is 1.93 bits per heavy atom. The molecule has 6 heteroatoms. The van der Waals surface area contributed by atoms with E-state index in [2.05, 4.69) is 9.97 Å². The van der Waals surface area contributed by atoms with Crippen LogP contribution in [0.3, 0.4) is 0 Å². The lowest BCUT2D eigenvalue weighted by atomic mass is 10.0. The molecule has 2 aromatic carbocycles. The molecule has 0 saturated heterocycles. The van der Waals surface area contributed by atoms with Gasteiger partial charge in [-0.3, -0.25) is 4.90 Å². The van der Waals surface area contributed by atoms with Gasteiger partial charge in [-0.2, -0.15) is 0 Å². The minimum atomic E-state index is -0.970. The van der Waals surface area contributed by atoms with E-state index in [1.807, 2.05) is 76.2 Å². The van der Waals surface area contributed by atoms with Crippen molar-refractivity contribution in [2.75, 3.05) is 0 Å². The third-order valence-electron chi connectivity index (χ3n) is 4.43. The largest absolute Gasteiger partial charge is 0.489 e. The normalized spacial score (nSPS) is 12.7. The maximum absolute atomic E-state index is 11.7. The molecule has 27 heavy (non-hydrogen) atoms. The molecule has 0 radical (unpaired) electrons. The molecule has 1 amide bonds. The van der Waals surface area contributed by atoms with Gasteiger partial charge >= 0.3 is 6.09 Å². The van der Waals surface area contributed by atoms with Crippen LogP contribution in [0.4, 0.5) is 4.79 Å². The molecule has 0 saturated carbocycles. The number of amides is 1. The lowest BCUT2D eigenvalue weighted by Crippen LogP contribution is -2.46. The highest BCUT2D eigenvalue weighted by molar-refractivity contribution is 5.77. The molecule has 1 atom stereocenters. The van der Waals surface area contributed by atoms with Crippen LogP contribution in [0.2, 0.25) is 0 Å². The Hall–Kier alpha value is -3.02. The molecule has 0 spiro atoms. The molecule has 1 unspecified atom stereocenters. The maximum Gasteiger partial charge on any atom is 0.408 e. The van der Waals surface area contributed by atoms with Gasteiger partial charge in [0.25, 0.3) is 0 Å². The fourth-order valence-electron chi connectivity index (χ4n) is 3.19. The zero-order valence-electron chi connectivity index (χ0n) is 16.1. The second-order valence-electron chi connectivity index (χ2n) is 7.57. The van der Waals surface area contributed by atoms with Crippen molar-refractivity contribution in [3.8, 4) is 5.75 Å². The van der Waals surface area contributed by atoms with E-state index >= 15 is 0 Å². The van der Waals surface area contributed by atoms with Crippen molar-refractivity contribution in [3.05, 3.63) is 59.9 Å². The molecule has 1 aromatic heterocycles. The lowest BCUT2D eigenvalue weighted by molar-refractivity contribution is 0.0730. The number of benzene rings is 2. The Bertz CT molecular complexity index is 929. The minimum Gasteiger partial charge on any atom is -0.489 e. The highest BCUT2D eigenvalue weighted by atomic mass is 16.5. The van der Waals surface area contributed by atoms with Gasteiger partial charge in [0.05, 0.1) is 17.1 Å². The van der Waals surface area contributed by atoms with E-state index in [0.29, 0.717) is 12.4 Å². The van der Waals surface area contributed by atoms with Gasteiger partial charge in [-0.1, -0.05) is 30.3 Å². The molecule has 0 bridgehead atoms. The van der Waals surface area contributed by atoms with E-state index in [1.54, 1.807) is 0 Å². The van der Waals surface area contributed by atoms with Gasteiger partial charge in [0.2, 0.25) is 0 Å². The molecule has 0 aliphatic heterocycles. The summed E-state index contributed by atoms with van der Waals surface area (Å²) in [5.41, 5.74) is 2.16. The van der Waals surface area contributed by atoms with Gasteiger partial charge in [-0.15, -0.1) is 0 Å². The van der Waals surface area contributed by atoms with Crippen LogP contribution >= 0.6 is 0 Å². The SMILES string of the molecule is CC(c1nc2cc(OCc3ccccc3)ccc2[nH]1)N(C(=O)O)C(C)(C)C. The van der Waals surface area contributed by atoms with E-state index in [4.69, 9.17) is 4.74 Å². The van der Waals surface area contributed by atoms with Gasteiger partial charge in [-0.05, 0) is 45.4 Å². The van der Waals surface area contributed by atoms with Crippen molar-refractivity contribution in [2.45, 2.75) is 45.9 Å². The second-order valence-corrected chi connectivity index (χ2v) is 7.57. The Labute approximate surface area is 158 Å². The second kappa shape index (κ2) is 7.31. The molecule has 0 aliphatic rings. The van der Waals surface area contributed by atoms with E-state index < -0.39 is 17.7 Å². The molecule has 2 N–H and O–H groups in total. The summed E-state index contributed by atoms with van der Waals surface area (Å²) in [6.45, 7) is 7.93. The van der Waals surface area contributed by atoms with Crippen molar-refractivity contribution in [1.82, 2.24) is 14.9 Å². The predicted molar refractivity (Wildman–Crippen MR) is 105 cm³/mol. The van der Waals surface area contributed by atoms with E-state index in [1.165, 1.54) is 4.90 Å². The number of hydrogen-bond donors (Lipinski definition) is 2. The number of H-pyrrole nitrogens is 1. The summed E-state index contributed by atoms with van der Waals surface area (Å²) in [6, 6.07) is 15.2. The number of aromatic amines is 1. The summed E-state index contributed by atoms with van der Waals surface area (Å²) in [5, 5.41) is 9.60. The number of fused-ring (bicyclic) bond motifs is 1. The highest BCUT2D eigenvalue weighted by Crippen LogP contribution is 2.29. The van der Waals surface area contributed by atoms with Gasteiger partial charge in [0, 0.05) is 11.6 Å². The van der Waals surface area contributed by atoms with Crippen LogP contribution in [0, 0.1) is 0 Å². The number of nitrogens with one attached hydrogen (secondary N) is 1. The number of nitrogens with zero attached hydrogens (tertiary/aromatic N) is 2. The Morgan fingerprint density at radius 3 is 2.56 bits per heavy atom. The van der Waals surface area contributed by atoms with E-state index in [-0.39, 0.29) is 0 Å². The molecule has 0 fully saturated rings. The van der Waals surface area contributed by atoms with Crippen molar-refractivity contribution in [3.63, 3.8) is 0 Å². The molecular weight excluding hydrogens is 342 g/mol. The summed E-state index contributed by atoms with van der Waals surface area (Å²) in [6.07, 6.45) is -0.970. The molecular formula is C21H25N3O3. The zero-order chi connectivity index (χ0) is 19.6. The summed E-state index contributed by atoms with van der Waals surface area (Å²) in [5.74, 6) is 1.34. The Kier molecular flexibility index (Phi) is 5.08. The average Bonchev–Trinajstić information content (AvgIpc) is 3.02. The first-order chi connectivity index (χ1) is 12.8. The number of aromatic nitrogens is 2. The van der Waals surface area contributed by atoms with Crippen LogP contribution in [0.5, 0.6) is 5.75 Å². The fourth-order valence-corrected chi connectivity index (χ4v) is 3.19. The number of imidazole rings is 1. The topological polar surface area (TPSA) is 78.5 Å². The van der Waals surface area contributed by atoms with E-state index in [9.17, 15) is 9.90 Å². The number of hydrogen-bond acceptors (Lipinski definition) is 3. The van der Waals surface area contributed by atoms with Crippen LogP contribution in [0.15, 0.2) is 48.5 Å². The van der Waals surface area contributed by atoms with Gasteiger partial charge < -0.3 is 14.8 Å². The lowest BCUT2D eigenvalue weighted by Gasteiger charge is -2.37. The first-order valence-corrected chi connectivity index (χ1v) is 8.94. The van der Waals surface area contributed by atoms with Crippen LogP contribution in [-0.2, 0) is 6.61 Å². The number of rotatable bonds is 5. The summed E-state index contributed by atoms with van der Waals surface area (Å²) < 4.78 is 5.85. The quantitative estimate of drug-likeness (QED) is 0.666. The van der Waals surface area contributed by atoms with Crippen molar-refractivity contribution in [2.24, 2.45) is 0 Å². The van der Waals surface area contributed by atoms with Crippen LogP contribution < -0.4 is 4.74 Å². The predicted octanol–water partition coefficient (Wildman–Crippen LogP) is 4.98. The first-order valence-electron chi connectivity index (χ1n) is 8.94. The first kappa shape index (κ1) is 18.8. The summed E-state index contributed by atoms with van der Waals surface area (Å²) >= 11 is 0. The van der Waals surface area contributed by atoms with Crippen LogP contribution in [0.1, 0.15) is 45.1 Å². The highest BCUT2D eigenvalue weighted by Gasteiger charge is 2.33. The minimum absolute atomic E-state index is 0.399. The van der Waals surface area contributed by atoms with E-state index in [0.717, 1.165) is 22.3 Å². The standard InChI is InChI=1S/C21H25N3O3/c1-14(24(20(25)26)21(2,3)4)19-22-17-11-10-16(12-18(17)23-19)27-13-15-8-6-5-7-9-15/h5-12,14H,13H2,1-4H3,(H,22,23)(H,25,26). The van der Waals surface area contributed by atoms with Gasteiger partial charge in [0.15, 0.2) is 0 Å². The zero-order valence-corrected chi connectivity index (χ0v) is 16.1. The molecule has 1 heterocycles. The Balaban J connectivity index is 1.82. The van der Waals surface area contributed by atoms with Crippen molar-refractivity contribution >= 4 is 17.1 Å². The van der Waals surface area contributed by atoms with Gasteiger partial charge in [-0.25, -0.2) is 9.78 Å². The monoisotopic (exact) mass is 367 g/mol. The Morgan fingerprint density at radius 1 is 1.22 bits per heavy atom. The maximum atomic E-state index is 11.7. The summed E-state index contributed by atoms with van der Waals surface area (Å²) in [4.78, 5) is 21.0. The van der Waals surface area contributed by atoms with Crippen molar-refractivity contribution in [1.29, 1.82) is 0 Å². The molecule has 142 valence electrons. The van der Waals surface area contributed by atoms with Gasteiger partial charge in [0.1, 0.15) is 18.2 Å². The summed E-state index contributed by atoms with van der Waals surface area (Å²) in [7, 11) is 0. The third-order valence-corrected chi connectivity index (χ3v) is 4.43. The smallest absolute Gasteiger partial charge is 0.408 e. The van der Waals surface area contributed by atoms with Crippen LogP contribution in [-0.4, -0.2) is 31.6 Å². The average molecular weight is 367 g/mol. The molecule has 3 aromatic rings. The van der Waals surface area contributed by atoms with Crippen molar-refractivity contribution < 1.29 is 14.6 Å². The molecule has 3 rings (SSSR count). The van der Waals surface area contributed by atoms with Crippen LogP contribution in [0.25, 0.3) is 11.0 Å². The molecule has 0 aliphatic carbocycles. The molecule has 6 nitrogen and oxygen atoms in total.